The van der Waals surface area contributed by atoms with Crippen LogP contribution in [0.5, 0.6) is 11.5 Å². The van der Waals surface area contributed by atoms with Crippen LogP contribution in [-0.4, -0.2) is 15.5 Å². The molecule has 37 heavy (non-hydrogen) atoms. The Labute approximate surface area is 223 Å². The molecule has 0 spiro atoms. The molecule has 0 fully saturated rings. The number of nitrogens with zero attached hydrogens (tertiary/aromatic N) is 1. The van der Waals surface area contributed by atoms with E-state index in [0.29, 0.717) is 0 Å². The molecule has 5 heteroatoms. The number of rotatable bonds is 20. The minimum atomic E-state index is -0.319. The van der Waals surface area contributed by atoms with Crippen LogP contribution < -0.4 is 10.2 Å². The number of phenolic OH excluding ortho intramolecular Hbond substituents is 1. The maximum absolute atomic E-state index is 12.4. The number of Topliss-reactive ketones (excluding diaryl/α,β-unsaturated/α-hetero) is 1. The third-order valence-electron chi connectivity index (χ3n) is 6.73. The number of unbranched alkanes of at least 4 members (excludes halogenated alkanes) is 14. The van der Waals surface area contributed by atoms with Crippen molar-refractivity contribution in [1.82, 2.24) is 4.57 Å². The predicted molar refractivity (Wildman–Crippen MR) is 153 cm³/mol. The number of allylic oxidation sites excluding steroid dienone is 1. The summed E-state index contributed by atoms with van der Waals surface area (Å²) in [5.74, 6) is 0.00273. The first-order valence-corrected chi connectivity index (χ1v) is 14.4. The van der Waals surface area contributed by atoms with E-state index >= 15 is 0 Å². The van der Waals surface area contributed by atoms with E-state index in [1.54, 1.807) is 35.0 Å². The third-order valence-corrected chi connectivity index (χ3v) is 6.73. The molecule has 1 aromatic heterocycles. The van der Waals surface area contributed by atoms with Gasteiger partial charge in [-0.25, -0.2) is 0 Å². The molecule has 0 atom stereocenters. The second kappa shape index (κ2) is 18.4. The largest absolute Gasteiger partial charge is 0.508 e. The Hall–Kier alpha value is -2.82. The number of ether oxygens (including phenoxy) is 1. The summed E-state index contributed by atoms with van der Waals surface area (Å²) < 4.78 is 7.44. The molecule has 0 saturated carbocycles. The van der Waals surface area contributed by atoms with E-state index in [9.17, 15) is 14.7 Å². The van der Waals surface area contributed by atoms with Gasteiger partial charge in [-0.05, 0) is 30.5 Å². The molecular weight excluding hydrogens is 462 g/mol. The Morgan fingerprint density at radius 1 is 0.838 bits per heavy atom. The minimum absolute atomic E-state index is 0.0595. The molecule has 0 amide bonds. The molecule has 1 aromatic carbocycles. The van der Waals surface area contributed by atoms with E-state index in [4.69, 9.17) is 4.74 Å². The zero-order chi connectivity index (χ0) is 26.7. The monoisotopic (exact) mass is 509 g/mol. The van der Waals surface area contributed by atoms with Gasteiger partial charge in [0.2, 0.25) is 5.43 Å². The quantitative estimate of drug-likeness (QED) is 0.143. The van der Waals surface area contributed by atoms with Crippen LogP contribution >= 0.6 is 0 Å². The van der Waals surface area contributed by atoms with Crippen molar-refractivity contribution < 1.29 is 14.6 Å². The molecule has 2 aromatic rings. The van der Waals surface area contributed by atoms with Gasteiger partial charge in [0.15, 0.2) is 11.5 Å². The van der Waals surface area contributed by atoms with E-state index in [1.165, 1.54) is 96.5 Å². The fourth-order valence-electron chi connectivity index (χ4n) is 4.53. The molecule has 1 N–H and O–H groups in total. The number of ketones is 1. The molecule has 0 aliphatic rings. The zero-order valence-corrected chi connectivity index (χ0v) is 23.1. The van der Waals surface area contributed by atoms with Gasteiger partial charge in [0, 0.05) is 25.4 Å². The molecule has 2 rings (SSSR count). The lowest BCUT2D eigenvalue weighted by Gasteiger charge is -2.13. The SMILES string of the molecule is CCCCCCCCCCCCCCCCC=Cn1ccc(=O)c(OCc2ccc(O)cc2)c1C(C)=O. The summed E-state index contributed by atoms with van der Waals surface area (Å²) in [5, 5.41) is 9.43. The number of aromatic nitrogens is 1. The molecule has 0 saturated heterocycles. The molecule has 0 unspecified atom stereocenters. The lowest BCUT2D eigenvalue weighted by molar-refractivity contribution is 0.100. The summed E-state index contributed by atoms with van der Waals surface area (Å²) in [4.78, 5) is 24.8. The highest BCUT2D eigenvalue weighted by Gasteiger charge is 2.16. The summed E-state index contributed by atoms with van der Waals surface area (Å²) in [5.41, 5.74) is 0.736. The lowest BCUT2D eigenvalue weighted by Crippen LogP contribution is -2.17. The van der Waals surface area contributed by atoms with Crippen molar-refractivity contribution in [3.05, 3.63) is 64.1 Å². The van der Waals surface area contributed by atoms with Crippen molar-refractivity contribution >= 4 is 12.0 Å². The van der Waals surface area contributed by atoms with Gasteiger partial charge in [0.25, 0.3) is 0 Å². The van der Waals surface area contributed by atoms with Crippen LogP contribution in [0.4, 0.5) is 0 Å². The molecule has 0 aliphatic carbocycles. The maximum atomic E-state index is 12.4. The second-order valence-corrected chi connectivity index (χ2v) is 10.0. The fourth-order valence-corrected chi connectivity index (χ4v) is 4.53. The van der Waals surface area contributed by atoms with Crippen molar-refractivity contribution in [2.75, 3.05) is 0 Å². The van der Waals surface area contributed by atoms with Gasteiger partial charge in [-0.2, -0.15) is 0 Å². The molecule has 204 valence electrons. The fraction of sp³-hybridized carbons (Fsp3) is 0.562. The van der Waals surface area contributed by atoms with Gasteiger partial charge in [0.05, 0.1) is 0 Å². The third kappa shape index (κ3) is 12.3. The number of carbonyl (C=O) groups is 1. The Morgan fingerprint density at radius 2 is 1.38 bits per heavy atom. The number of carbonyl (C=O) groups excluding carboxylic acids is 1. The topological polar surface area (TPSA) is 68.5 Å². The number of phenols is 1. The van der Waals surface area contributed by atoms with Gasteiger partial charge in [0.1, 0.15) is 18.1 Å². The number of aromatic hydroxyl groups is 1. The van der Waals surface area contributed by atoms with Gasteiger partial charge in [-0.3, -0.25) is 9.59 Å². The first-order chi connectivity index (χ1) is 18.0. The highest BCUT2D eigenvalue weighted by molar-refractivity contribution is 5.95. The minimum Gasteiger partial charge on any atom is -0.508 e. The van der Waals surface area contributed by atoms with E-state index in [1.807, 2.05) is 6.20 Å². The first kappa shape index (κ1) is 30.4. The highest BCUT2D eigenvalue weighted by Crippen LogP contribution is 2.18. The number of hydrogen-bond donors (Lipinski definition) is 1. The van der Waals surface area contributed by atoms with Gasteiger partial charge in [-0.1, -0.05) is 109 Å². The average molecular weight is 510 g/mol. The first-order valence-electron chi connectivity index (χ1n) is 14.4. The molecule has 0 radical (unpaired) electrons. The molecule has 5 nitrogen and oxygen atoms in total. The van der Waals surface area contributed by atoms with Crippen LogP contribution in [0.3, 0.4) is 0 Å². The van der Waals surface area contributed by atoms with Gasteiger partial charge in [-0.15, -0.1) is 0 Å². The summed E-state index contributed by atoms with van der Waals surface area (Å²) in [6, 6.07) is 8.00. The Balaban J connectivity index is 1.68. The Bertz CT molecular complexity index is 991. The molecule has 0 bridgehead atoms. The normalized spacial score (nSPS) is 11.3. The van der Waals surface area contributed by atoms with Crippen LogP contribution in [0.2, 0.25) is 0 Å². The van der Waals surface area contributed by atoms with Crippen LogP contribution in [-0.2, 0) is 6.61 Å². The summed E-state index contributed by atoms with van der Waals surface area (Å²) in [7, 11) is 0. The highest BCUT2D eigenvalue weighted by atomic mass is 16.5. The smallest absolute Gasteiger partial charge is 0.224 e. The van der Waals surface area contributed by atoms with Crippen LogP contribution in [0, 0.1) is 0 Å². The number of pyridine rings is 1. The standard InChI is InChI=1S/C32H47NO4/c1-3-4-5-6-7-8-9-10-11-12-13-14-15-16-17-18-24-33-25-23-30(36)32(31(33)27(2)34)37-26-28-19-21-29(35)22-20-28/h18-25,35H,3-17,26H2,1-2H3. The van der Waals surface area contributed by atoms with Gasteiger partial charge < -0.3 is 14.4 Å². The van der Waals surface area contributed by atoms with Crippen molar-refractivity contribution in [3.63, 3.8) is 0 Å². The van der Waals surface area contributed by atoms with Crippen LogP contribution in [0.25, 0.3) is 6.20 Å². The molecule has 0 aliphatic heterocycles. The molecular formula is C32H47NO4. The van der Waals surface area contributed by atoms with E-state index in [-0.39, 0.29) is 35.0 Å². The van der Waals surface area contributed by atoms with Crippen molar-refractivity contribution in [2.24, 2.45) is 0 Å². The van der Waals surface area contributed by atoms with Gasteiger partial charge >= 0.3 is 0 Å². The van der Waals surface area contributed by atoms with Crippen molar-refractivity contribution in [3.8, 4) is 11.5 Å². The second-order valence-electron chi connectivity index (χ2n) is 10.0. The van der Waals surface area contributed by atoms with Crippen LogP contribution in [0.15, 0.2) is 47.4 Å². The Kier molecular flexibility index (Phi) is 15.1. The number of benzene rings is 1. The average Bonchev–Trinajstić information content (AvgIpc) is 2.89. The van der Waals surface area contributed by atoms with Crippen molar-refractivity contribution in [2.45, 2.75) is 117 Å². The van der Waals surface area contributed by atoms with E-state index in [0.717, 1.165) is 18.4 Å². The molecule has 1 heterocycles. The lowest BCUT2D eigenvalue weighted by atomic mass is 10.0. The number of hydrogen-bond acceptors (Lipinski definition) is 4. The van der Waals surface area contributed by atoms with E-state index in [2.05, 4.69) is 13.0 Å². The van der Waals surface area contributed by atoms with E-state index < -0.39 is 0 Å². The predicted octanol–water partition coefficient (Wildman–Crippen LogP) is 8.68. The summed E-state index contributed by atoms with van der Waals surface area (Å²) >= 11 is 0. The zero-order valence-electron chi connectivity index (χ0n) is 23.1. The van der Waals surface area contributed by atoms with Crippen LogP contribution in [0.1, 0.15) is 126 Å². The summed E-state index contributed by atoms with van der Waals surface area (Å²) in [6.07, 6.45) is 25.2. The van der Waals surface area contributed by atoms with Crippen molar-refractivity contribution in [1.29, 1.82) is 0 Å². The maximum Gasteiger partial charge on any atom is 0.224 e. The summed E-state index contributed by atoms with van der Waals surface area (Å²) in [6.45, 7) is 3.86. The Morgan fingerprint density at radius 3 is 1.92 bits per heavy atom.